The molecule has 134 valence electrons. The van der Waals surface area contributed by atoms with Crippen molar-refractivity contribution in [1.82, 2.24) is 9.55 Å². The SMILES string of the molecule is Cc1ccc(C)c(S(=O)(=O)Nc2ccccc2-c2cn3c(n2)SCC3)c1. The Morgan fingerprint density at radius 3 is 2.77 bits per heavy atom. The monoisotopic (exact) mass is 385 g/mol. The van der Waals surface area contributed by atoms with Gasteiger partial charge in [0.25, 0.3) is 10.0 Å². The molecule has 0 amide bonds. The van der Waals surface area contributed by atoms with Crippen molar-refractivity contribution in [3.05, 3.63) is 59.8 Å². The summed E-state index contributed by atoms with van der Waals surface area (Å²) in [4.78, 5) is 4.95. The van der Waals surface area contributed by atoms with Gasteiger partial charge in [0.1, 0.15) is 0 Å². The summed E-state index contributed by atoms with van der Waals surface area (Å²) >= 11 is 1.72. The number of benzene rings is 2. The number of hydrogen-bond donors (Lipinski definition) is 1. The van der Waals surface area contributed by atoms with E-state index < -0.39 is 10.0 Å². The van der Waals surface area contributed by atoms with Gasteiger partial charge in [0.2, 0.25) is 0 Å². The van der Waals surface area contributed by atoms with Gasteiger partial charge in [-0.15, -0.1) is 0 Å². The van der Waals surface area contributed by atoms with Gasteiger partial charge < -0.3 is 4.57 Å². The maximum Gasteiger partial charge on any atom is 0.262 e. The lowest BCUT2D eigenvalue weighted by Crippen LogP contribution is -2.15. The van der Waals surface area contributed by atoms with Gasteiger partial charge in [-0.25, -0.2) is 13.4 Å². The van der Waals surface area contributed by atoms with Gasteiger partial charge in [-0.3, -0.25) is 4.72 Å². The second-order valence-electron chi connectivity index (χ2n) is 6.37. The summed E-state index contributed by atoms with van der Waals surface area (Å²) in [6.07, 6.45) is 1.99. The number of aryl methyl sites for hydroxylation is 3. The van der Waals surface area contributed by atoms with Crippen molar-refractivity contribution in [2.24, 2.45) is 0 Å². The van der Waals surface area contributed by atoms with Crippen LogP contribution in [0.4, 0.5) is 5.69 Å². The van der Waals surface area contributed by atoms with E-state index in [4.69, 9.17) is 0 Å². The molecule has 4 rings (SSSR count). The maximum absolute atomic E-state index is 13.0. The molecule has 0 fully saturated rings. The van der Waals surface area contributed by atoms with Crippen molar-refractivity contribution in [2.75, 3.05) is 10.5 Å². The predicted octanol–water partition coefficient (Wildman–Crippen LogP) is 4.07. The van der Waals surface area contributed by atoms with Crippen molar-refractivity contribution in [1.29, 1.82) is 0 Å². The van der Waals surface area contributed by atoms with E-state index in [2.05, 4.69) is 14.3 Å². The number of aromatic nitrogens is 2. The minimum absolute atomic E-state index is 0.301. The van der Waals surface area contributed by atoms with Crippen LogP contribution in [-0.4, -0.2) is 23.7 Å². The third kappa shape index (κ3) is 3.12. The molecule has 2 heterocycles. The summed E-state index contributed by atoms with van der Waals surface area (Å²) in [5, 5.41) is 0.979. The lowest BCUT2D eigenvalue weighted by molar-refractivity contribution is 0.600. The third-order valence-corrected chi connectivity index (χ3v) is 6.86. The number of nitrogens with one attached hydrogen (secondary N) is 1. The third-order valence-electron chi connectivity index (χ3n) is 4.38. The largest absolute Gasteiger partial charge is 0.325 e. The van der Waals surface area contributed by atoms with E-state index in [0.717, 1.165) is 39.8 Å². The van der Waals surface area contributed by atoms with Crippen molar-refractivity contribution < 1.29 is 8.42 Å². The number of para-hydroxylation sites is 1. The second-order valence-corrected chi connectivity index (χ2v) is 9.08. The van der Waals surface area contributed by atoms with Gasteiger partial charge in [-0.1, -0.05) is 42.1 Å². The molecule has 0 aliphatic carbocycles. The lowest BCUT2D eigenvalue weighted by atomic mass is 10.1. The fourth-order valence-corrected chi connectivity index (χ4v) is 5.39. The molecular weight excluding hydrogens is 366 g/mol. The van der Waals surface area contributed by atoms with Crippen molar-refractivity contribution in [2.45, 2.75) is 30.4 Å². The maximum atomic E-state index is 13.0. The average molecular weight is 386 g/mol. The number of nitrogens with zero attached hydrogens (tertiary/aromatic N) is 2. The highest BCUT2D eigenvalue weighted by Crippen LogP contribution is 2.33. The second kappa shape index (κ2) is 6.48. The Hall–Kier alpha value is -2.25. The zero-order valence-corrected chi connectivity index (χ0v) is 16.2. The highest BCUT2D eigenvalue weighted by molar-refractivity contribution is 7.99. The van der Waals surface area contributed by atoms with Crippen LogP contribution in [0.15, 0.2) is 58.7 Å². The van der Waals surface area contributed by atoms with E-state index in [9.17, 15) is 8.42 Å². The number of hydrogen-bond acceptors (Lipinski definition) is 4. The molecule has 0 spiro atoms. The molecule has 0 radical (unpaired) electrons. The normalized spacial score (nSPS) is 13.6. The molecule has 1 N–H and O–H groups in total. The lowest BCUT2D eigenvalue weighted by Gasteiger charge is -2.13. The summed E-state index contributed by atoms with van der Waals surface area (Å²) < 4.78 is 30.8. The van der Waals surface area contributed by atoms with Crippen LogP contribution in [0, 0.1) is 13.8 Å². The molecule has 3 aromatic rings. The first-order valence-electron chi connectivity index (χ1n) is 8.33. The first-order valence-corrected chi connectivity index (χ1v) is 10.8. The minimum Gasteiger partial charge on any atom is -0.325 e. The Morgan fingerprint density at radius 2 is 1.96 bits per heavy atom. The summed E-state index contributed by atoms with van der Waals surface area (Å²) in [6, 6.07) is 12.8. The topological polar surface area (TPSA) is 64.0 Å². The minimum atomic E-state index is -3.68. The van der Waals surface area contributed by atoms with Crippen LogP contribution in [-0.2, 0) is 16.6 Å². The molecule has 2 aromatic carbocycles. The summed E-state index contributed by atoms with van der Waals surface area (Å²) in [5.74, 6) is 1.03. The smallest absolute Gasteiger partial charge is 0.262 e. The first-order chi connectivity index (χ1) is 12.4. The Bertz CT molecular complexity index is 1070. The standard InChI is InChI=1S/C19H19N3O2S2/c1-13-7-8-14(2)18(11-13)26(23,24)21-16-6-4-3-5-15(16)17-12-22-9-10-25-19(22)20-17/h3-8,11-12,21H,9-10H2,1-2H3. The number of sulfonamides is 1. The van der Waals surface area contributed by atoms with Crippen LogP contribution in [0.25, 0.3) is 11.3 Å². The van der Waals surface area contributed by atoms with Crippen LogP contribution in [0.3, 0.4) is 0 Å². The molecule has 0 atom stereocenters. The fraction of sp³-hybridized carbons (Fsp3) is 0.211. The molecule has 0 bridgehead atoms. The van der Waals surface area contributed by atoms with Crippen LogP contribution < -0.4 is 4.72 Å². The highest BCUT2D eigenvalue weighted by atomic mass is 32.2. The Balaban J connectivity index is 1.74. The number of imidazole rings is 1. The van der Waals surface area contributed by atoms with Crippen molar-refractivity contribution in [3.8, 4) is 11.3 Å². The quantitative estimate of drug-likeness (QED) is 0.735. The molecule has 0 saturated carbocycles. The van der Waals surface area contributed by atoms with E-state index in [1.54, 1.807) is 30.8 Å². The van der Waals surface area contributed by atoms with E-state index in [-0.39, 0.29) is 0 Å². The van der Waals surface area contributed by atoms with Crippen LogP contribution in [0.2, 0.25) is 0 Å². The number of anilines is 1. The van der Waals surface area contributed by atoms with Gasteiger partial charge in [0.15, 0.2) is 5.16 Å². The van der Waals surface area contributed by atoms with Crippen LogP contribution >= 0.6 is 11.8 Å². The van der Waals surface area contributed by atoms with Gasteiger partial charge >= 0.3 is 0 Å². The molecular formula is C19H19N3O2S2. The molecule has 0 saturated heterocycles. The zero-order valence-electron chi connectivity index (χ0n) is 14.6. The van der Waals surface area contributed by atoms with Crippen molar-refractivity contribution >= 4 is 27.5 Å². The van der Waals surface area contributed by atoms with Crippen LogP contribution in [0.1, 0.15) is 11.1 Å². The Kier molecular flexibility index (Phi) is 4.28. The van der Waals surface area contributed by atoms with E-state index in [1.807, 2.05) is 43.5 Å². The number of rotatable bonds is 4. The summed E-state index contributed by atoms with van der Waals surface area (Å²) in [7, 11) is -3.68. The zero-order chi connectivity index (χ0) is 18.3. The first kappa shape index (κ1) is 17.2. The molecule has 7 heteroatoms. The van der Waals surface area contributed by atoms with Gasteiger partial charge in [-0.05, 0) is 37.1 Å². The molecule has 0 unspecified atom stereocenters. The fourth-order valence-electron chi connectivity index (χ4n) is 3.03. The Morgan fingerprint density at radius 1 is 1.15 bits per heavy atom. The van der Waals surface area contributed by atoms with E-state index in [0.29, 0.717) is 10.6 Å². The summed E-state index contributed by atoms with van der Waals surface area (Å²) in [5.41, 5.74) is 3.73. The Labute approximate surface area is 157 Å². The van der Waals surface area contributed by atoms with E-state index >= 15 is 0 Å². The van der Waals surface area contributed by atoms with Gasteiger partial charge in [0, 0.05) is 24.1 Å². The molecule has 1 aliphatic heterocycles. The predicted molar refractivity (Wildman–Crippen MR) is 105 cm³/mol. The highest BCUT2D eigenvalue weighted by Gasteiger charge is 2.21. The molecule has 1 aliphatic rings. The molecule has 1 aromatic heterocycles. The van der Waals surface area contributed by atoms with Gasteiger partial charge in [-0.2, -0.15) is 0 Å². The number of fused-ring (bicyclic) bond motifs is 1. The molecule has 5 nitrogen and oxygen atoms in total. The van der Waals surface area contributed by atoms with Gasteiger partial charge in [0.05, 0.1) is 16.3 Å². The molecule has 26 heavy (non-hydrogen) atoms. The average Bonchev–Trinajstić information content (AvgIpc) is 3.19. The summed E-state index contributed by atoms with van der Waals surface area (Å²) in [6.45, 7) is 4.62. The van der Waals surface area contributed by atoms with Crippen molar-refractivity contribution in [3.63, 3.8) is 0 Å². The number of thioether (sulfide) groups is 1. The van der Waals surface area contributed by atoms with E-state index in [1.165, 1.54) is 0 Å². The van der Waals surface area contributed by atoms with Crippen LogP contribution in [0.5, 0.6) is 0 Å².